The summed E-state index contributed by atoms with van der Waals surface area (Å²) in [6.45, 7) is 4.97. The van der Waals surface area contributed by atoms with Crippen molar-refractivity contribution in [2.24, 2.45) is 0 Å². The van der Waals surface area contributed by atoms with Crippen molar-refractivity contribution in [1.29, 1.82) is 0 Å². The van der Waals surface area contributed by atoms with Crippen LogP contribution in [0, 0.1) is 0 Å². The van der Waals surface area contributed by atoms with Crippen molar-refractivity contribution in [2.45, 2.75) is 26.0 Å². The number of anilines is 1. The number of aliphatic hydroxyl groups excluding tert-OH is 1. The van der Waals surface area contributed by atoms with E-state index < -0.39 is 0 Å². The van der Waals surface area contributed by atoms with Crippen LogP contribution >= 0.6 is 0 Å². The number of carbonyl (C=O) groups is 1. The summed E-state index contributed by atoms with van der Waals surface area (Å²) in [5.74, 6) is 0.794. The topological polar surface area (TPSA) is 70.6 Å². The van der Waals surface area contributed by atoms with Gasteiger partial charge in [-0.05, 0) is 32.0 Å². The average molecular weight is 264 g/mol. The highest BCUT2D eigenvalue weighted by atomic mass is 16.5. The third-order valence-corrected chi connectivity index (χ3v) is 3.13. The second-order valence-corrected chi connectivity index (χ2v) is 4.78. The van der Waals surface area contributed by atoms with Gasteiger partial charge in [-0.3, -0.25) is 4.79 Å². The van der Waals surface area contributed by atoms with Crippen molar-refractivity contribution in [2.75, 3.05) is 25.0 Å². The molecule has 1 aromatic rings. The lowest BCUT2D eigenvalue weighted by atomic mass is 10.0. The number of rotatable bonds is 5. The van der Waals surface area contributed by atoms with Crippen LogP contribution in [0.1, 0.15) is 24.2 Å². The predicted molar refractivity (Wildman–Crippen MR) is 73.9 cm³/mol. The predicted octanol–water partition coefficient (Wildman–Crippen LogP) is 1.03. The molecule has 1 heterocycles. The van der Waals surface area contributed by atoms with Crippen LogP contribution in [0.25, 0.3) is 0 Å². The molecule has 0 spiro atoms. The summed E-state index contributed by atoms with van der Waals surface area (Å²) in [6, 6.07) is 5.11. The highest BCUT2D eigenvalue weighted by Gasteiger charge is 2.19. The van der Waals surface area contributed by atoms with E-state index in [1.54, 1.807) is 13.0 Å². The summed E-state index contributed by atoms with van der Waals surface area (Å²) >= 11 is 0. The number of aliphatic hydroxyl groups is 1. The first-order valence-electron chi connectivity index (χ1n) is 6.55. The van der Waals surface area contributed by atoms with Crippen LogP contribution in [0.2, 0.25) is 0 Å². The fraction of sp³-hybridized carbons (Fsp3) is 0.500. The molecule has 104 valence electrons. The van der Waals surface area contributed by atoms with Crippen molar-refractivity contribution in [3.63, 3.8) is 0 Å². The number of fused-ring (bicyclic) bond motifs is 1. The molecule has 0 radical (unpaired) electrons. The van der Waals surface area contributed by atoms with Crippen LogP contribution in [0.15, 0.2) is 18.2 Å². The zero-order valence-electron chi connectivity index (χ0n) is 11.3. The Morgan fingerprint density at radius 1 is 1.63 bits per heavy atom. The Morgan fingerprint density at radius 2 is 2.42 bits per heavy atom. The number of benzene rings is 1. The second-order valence-electron chi connectivity index (χ2n) is 4.78. The third kappa shape index (κ3) is 3.24. The minimum atomic E-state index is -0.311. The van der Waals surface area contributed by atoms with Crippen molar-refractivity contribution >= 4 is 11.5 Å². The van der Waals surface area contributed by atoms with Gasteiger partial charge in [0, 0.05) is 12.1 Å². The van der Waals surface area contributed by atoms with Gasteiger partial charge >= 0.3 is 0 Å². The van der Waals surface area contributed by atoms with Gasteiger partial charge in [0.2, 0.25) is 0 Å². The number of hydrogen-bond acceptors (Lipinski definition) is 5. The number of ketones is 1. The lowest BCUT2D eigenvalue weighted by Gasteiger charge is -2.25. The standard InChI is InChI=1S/C14H20N2O3/c1-9-8-16-12-7-11(3-4-13(12)19-9)14(18)10(2)15-5-6-17/h3-4,7,9-10,15-17H,5-6,8H2,1-2H3. The third-order valence-electron chi connectivity index (χ3n) is 3.13. The van der Waals surface area contributed by atoms with Crippen molar-refractivity contribution in [1.82, 2.24) is 5.32 Å². The molecule has 0 saturated carbocycles. The molecule has 0 aliphatic carbocycles. The minimum Gasteiger partial charge on any atom is -0.487 e. The maximum Gasteiger partial charge on any atom is 0.179 e. The largest absolute Gasteiger partial charge is 0.487 e. The van der Waals surface area contributed by atoms with Crippen LogP contribution in [-0.2, 0) is 0 Å². The van der Waals surface area contributed by atoms with Gasteiger partial charge in [-0.2, -0.15) is 0 Å². The number of nitrogens with one attached hydrogen (secondary N) is 2. The lowest BCUT2D eigenvalue weighted by Crippen LogP contribution is -2.36. The Kier molecular flexibility index (Phi) is 4.39. The monoisotopic (exact) mass is 264 g/mol. The summed E-state index contributed by atoms with van der Waals surface area (Å²) in [5.41, 5.74) is 1.50. The summed E-state index contributed by atoms with van der Waals surface area (Å²) < 4.78 is 5.67. The molecule has 1 aromatic carbocycles. The number of carbonyl (C=O) groups excluding carboxylic acids is 1. The molecule has 5 nitrogen and oxygen atoms in total. The fourth-order valence-corrected chi connectivity index (χ4v) is 2.06. The quantitative estimate of drug-likeness (QED) is 0.693. The second kappa shape index (κ2) is 6.04. The molecule has 2 unspecified atom stereocenters. The normalized spacial score (nSPS) is 19.0. The number of ether oxygens (including phenoxy) is 1. The van der Waals surface area contributed by atoms with E-state index in [1.807, 2.05) is 19.1 Å². The molecule has 5 heteroatoms. The van der Waals surface area contributed by atoms with Crippen LogP contribution < -0.4 is 15.4 Å². The van der Waals surface area contributed by atoms with Gasteiger partial charge in [0.15, 0.2) is 5.78 Å². The molecule has 3 N–H and O–H groups in total. The zero-order chi connectivity index (χ0) is 13.8. The molecule has 2 atom stereocenters. The highest BCUT2D eigenvalue weighted by Crippen LogP contribution is 2.30. The van der Waals surface area contributed by atoms with Crippen molar-refractivity contribution in [3.8, 4) is 5.75 Å². The molecule has 0 aromatic heterocycles. The molecular formula is C14H20N2O3. The van der Waals surface area contributed by atoms with Crippen LogP contribution in [-0.4, -0.2) is 42.7 Å². The van der Waals surface area contributed by atoms with Crippen LogP contribution in [0.3, 0.4) is 0 Å². The molecule has 1 aliphatic heterocycles. The van der Waals surface area contributed by atoms with Crippen LogP contribution in [0.5, 0.6) is 5.75 Å². The van der Waals surface area contributed by atoms with E-state index in [0.717, 1.165) is 18.0 Å². The molecule has 19 heavy (non-hydrogen) atoms. The van der Waals surface area contributed by atoms with Gasteiger partial charge in [0.05, 0.1) is 24.9 Å². The Bertz CT molecular complexity index is 462. The average Bonchev–Trinajstić information content (AvgIpc) is 2.43. The summed E-state index contributed by atoms with van der Waals surface area (Å²) in [7, 11) is 0. The van der Waals surface area contributed by atoms with E-state index in [2.05, 4.69) is 10.6 Å². The van der Waals surface area contributed by atoms with Crippen molar-refractivity contribution in [3.05, 3.63) is 23.8 Å². The van der Waals surface area contributed by atoms with Gasteiger partial charge < -0.3 is 20.5 Å². The Balaban J connectivity index is 2.11. The minimum absolute atomic E-state index is 0.0108. The first kappa shape index (κ1) is 13.8. The first-order chi connectivity index (χ1) is 9.11. The smallest absolute Gasteiger partial charge is 0.179 e. The zero-order valence-corrected chi connectivity index (χ0v) is 11.3. The van der Waals surface area contributed by atoms with E-state index in [4.69, 9.17) is 9.84 Å². The van der Waals surface area contributed by atoms with Gasteiger partial charge in [-0.15, -0.1) is 0 Å². The summed E-state index contributed by atoms with van der Waals surface area (Å²) in [6.07, 6.45) is 0.138. The van der Waals surface area contributed by atoms with Crippen molar-refractivity contribution < 1.29 is 14.6 Å². The van der Waals surface area contributed by atoms with Gasteiger partial charge in [-0.25, -0.2) is 0 Å². The number of hydrogen-bond donors (Lipinski definition) is 3. The molecule has 0 saturated heterocycles. The first-order valence-corrected chi connectivity index (χ1v) is 6.55. The molecule has 0 amide bonds. The van der Waals surface area contributed by atoms with E-state index >= 15 is 0 Å². The fourth-order valence-electron chi connectivity index (χ4n) is 2.06. The lowest BCUT2D eigenvalue weighted by molar-refractivity contribution is 0.0948. The van der Waals surface area contributed by atoms with Gasteiger partial charge in [-0.1, -0.05) is 0 Å². The van der Waals surface area contributed by atoms with E-state index in [-0.39, 0.29) is 24.5 Å². The molecular weight excluding hydrogens is 244 g/mol. The molecule has 1 aliphatic rings. The van der Waals surface area contributed by atoms with E-state index in [1.165, 1.54) is 0 Å². The Morgan fingerprint density at radius 3 is 3.16 bits per heavy atom. The Labute approximate surface area is 113 Å². The maximum atomic E-state index is 12.2. The Hall–Kier alpha value is -1.59. The van der Waals surface area contributed by atoms with E-state index in [0.29, 0.717) is 12.1 Å². The van der Waals surface area contributed by atoms with Gasteiger partial charge in [0.25, 0.3) is 0 Å². The summed E-state index contributed by atoms with van der Waals surface area (Å²) in [4.78, 5) is 12.2. The molecule has 0 bridgehead atoms. The number of Topliss-reactive ketones (excluding diaryl/α,β-unsaturated/α-hetero) is 1. The SMILES string of the molecule is CC1CNc2cc(C(=O)C(C)NCCO)ccc2O1. The maximum absolute atomic E-state index is 12.2. The van der Waals surface area contributed by atoms with Crippen LogP contribution in [0.4, 0.5) is 5.69 Å². The molecule has 2 rings (SSSR count). The summed E-state index contributed by atoms with van der Waals surface area (Å²) in [5, 5.41) is 15.0. The molecule has 0 fully saturated rings. The highest BCUT2D eigenvalue weighted by molar-refractivity contribution is 6.01. The van der Waals surface area contributed by atoms with E-state index in [9.17, 15) is 4.79 Å². The van der Waals surface area contributed by atoms with Gasteiger partial charge in [0.1, 0.15) is 11.9 Å².